The predicted octanol–water partition coefficient (Wildman–Crippen LogP) is 3.56. The van der Waals surface area contributed by atoms with E-state index in [0.717, 1.165) is 5.56 Å². The summed E-state index contributed by atoms with van der Waals surface area (Å²) < 4.78 is 0. The summed E-state index contributed by atoms with van der Waals surface area (Å²) in [7, 11) is 0. The summed E-state index contributed by atoms with van der Waals surface area (Å²) in [6, 6.07) is 10.9. The maximum atomic E-state index is 9.13. The van der Waals surface area contributed by atoms with E-state index in [-0.39, 0.29) is 0 Å². The van der Waals surface area contributed by atoms with Gasteiger partial charge in [-0.05, 0) is 38.4 Å². The molecule has 1 saturated heterocycles. The predicted molar refractivity (Wildman–Crippen MR) is 86.0 cm³/mol. The Labute approximate surface area is 131 Å². The molecule has 3 rings (SSSR count). The van der Waals surface area contributed by atoms with Gasteiger partial charge in [-0.1, -0.05) is 30.7 Å². The Balaban J connectivity index is 1.82. The van der Waals surface area contributed by atoms with Crippen molar-refractivity contribution >= 4 is 0 Å². The van der Waals surface area contributed by atoms with E-state index in [0.29, 0.717) is 17.4 Å². The Kier molecular flexibility index (Phi) is 4.45. The molecular weight excluding hydrogens is 272 g/mol. The van der Waals surface area contributed by atoms with Crippen molar-refractivity contribution in [2.24, 2.45) is 0 Å². The fraction of sp³-hybridized carbons (Fsp3) is 0.389. The minimum Gasteiger partial charge on any atom is -0.297 e. The first-order valence-electron chi connectivity index (χ1n) is 7.85. The minimum absolute atomic E-state index is 0.374. The van der Waals surface area contributed by atoms with E-state index in [1.165, 1.54) is 37.9 Å². The Morgan fingerprint density at radius 3 is 2.41 bits per heavy atom. The smallest absolute Gasteiger partial charge is 0.166 e. The van der Waals surface area contributed by atoms with Crippen molar-refractivity contribution in [3.05, 3.63) is 47.9 Å². The second kappa shape index (κ2) is 6.67. The van der Waals surface area contributed by atoms with Crippen molar-refractivity contribution in [2.75, 3.05) is 13.1 Å². The zero-order valence-electron chi connectivity index (χ0n) is 12.9. The Morgan fingerprint density at radius 2 is 1.73 bits per heavy atom. The molecule has 1 aliphatic rings. The van der Waals surface area contributed by atoms with Gasteiger partial charge in [0, 0.05) is 24.0 Å². The Morgan fingerprint density at radius 1 is 1.05 bits per heavy atom. The maximum absolute atomic E-state index is 9.13. The van der Waals surface area contributed by atoms with Crippen LogP contribution in [0, 0.1) is 11.3 Å². The summed E-state index contributed by atoms with van der Waals surface area (Å²) in [4.78, 5) is 10.9. The number of hydrogen-bond donors (Lipinski definition) is 0. The number of likely N-dealkylation sites (tertiary alicyclic amines) is 1. The molecule has 0 spiro atoms. The van der Waals surface area contributed by atoms with Crippen LogP contribution >= 0.6 is 0 Å². The quantitative estimate of drug-likeness (QED) is 0.868. The average molecular weight is 292 g/mol. The highest BCUT2D eigenvalue weighted by Crippen LogP contribution is 2.26. The van der Waals surface area contributed by atoms with Gasteiger partial charge in [0.05, 0.1) is 0 Å². The molecule has 1 atom stereocenters. The Bertz CT molecular complexity index is 666. The van der Waals surface area contributed by atoms with Gasteiger partial charge in [-0.15, -0.1) is 0 Å². The molecule has 0 radical (unpaired) electrons. The number of nitrogens with zero attached hydrogens (tertiary/aromatic N) is 4. The molecule has 1 aromatic heterocycles. The molecule has 1 aromatic carbocycles. The number of aromatic nitrogens is 2. The number of rotatable bonds is 3. The number of hydrogen-bond acceptors (Lipinski definition) is 4. The van der Waals surface area contributed by atoms with Crippen LogP contribution in [0.25, 0.3) is 11.3 Å². The van der Waals surface area contributed by atoms with Gasteiger partial charge in [0.2, 0.25) is 0 Å². The van der Waals surface area contributed by atoms with Gasteiger partial charge in [0.1, 0.15) is 11.8 Å². The van der Waals surface area contributed by atoms with Crippen LogP contribution in [-0.4, -0.2) is 28.0 Å². The number of nitriles is 1. The number of piperidine rings is 1. The first-order chi connectivity index (χ1) is 10.8. The molecule has 0 amide bonds. The standard InChI is InChI=1S/C18H20N4/c1-14(22-11-3-2-4-12-22)15-5-7-16(8-6-15)18-17(13-19)20-9-10-21-18/h5-10,14H,2-4,11-12H2,1H3. The van der Waals surface area contributed by atoms with E-state index in [4.69, 9.17) is 5.26 Å². The van der Waals surface area contributed by atoms with E-state index in [1.807, 2.05) is 12.1 Å². The average Bonchev–Trinajstić information content (AvgIpc) is 2.62. The molecule has 22 heavy (non-hydrogen) atoms. The zero-order valence-corrected chi connectivity index (χ0v) is 12.9. The van der Waals surface area contributed by atoms with Crippen LogP contribution in [0.5, 0.6) is 0 Å². The summed E-state index contributed by atoms with van der Waals surface area (Å²) in [5.74, 6) is 0. The van der Waals surface area contributed by atoms with Crippen LogP contribution in [0.15, 0.2) is 36.7 Å². The van der Waals surface area contributed by atoms with Crippen LogP contribution in [0.1, 0.15) is 43.5 Å². The molecule has 1 fully saturated rings. The van der Waals surface area contributed by atoms with E-state index in [1.54, 1.807) is 12.4 Å². The second-order valence-corrected chi connectivity index (χ2v) is 5.76. The monoisotopic (exact) mass is 292 g/mol. The summed E-state index contributed by atoms with van der Waals surface area (Å²) in [6.07, 6.45) is 7.13. The third-order valence-corrected chi connectivity index (χ3v) is 4.41. The number of benzene rings is 1. The van der Waals surface area contributed by atoms with Crippen LogP contribution in [0.4, 0.5) is 0 Å². The molecule has 4 nitrogen and oxygen atoms in total. The van der Waals surface area contributed by atoms with Crippen molar-refractivity contribution in [2.45, 2.75) is 32.2 Å². The second-order valence-electron chi connectivity index (χ2n) is 5.76. The molecular formula is C18H20N4. The summed E-state index contributed by atoms with van der Waals surface area (Å²) >= 11 is 0. The highest BCUT2D eigenvalue weighted by atomic mass is 15.2. The lowest BCUT2D eigenvalue weighted by Crippen LogP contribution is -2.32. The fourth-order valence-electron chi connectivity index (χ4n) is 3.07. The van der Waals surface area contributed by atoms with Crippen molar-refractivity contribution in [1.82, 2.24) is 14.9 Å². The van der Waals surface area contributed by atoms with E-state index >= 15 is 0 Å². The van der Waals surface area contributed by atoms with E-state index in [9.17, 15) is 0 Å². The van der Waals surface area contributed by atoms with Crippen LogP contribution in [-0.2, 0) is 0 Å². The SMILES string of the molecule is CC(c1ccc(-c2nccnc2C#N)cc1)N1CCCCC1. The highest BCUT2D eigenvalue weighted by Gasteiger charge is 2.18. The molecule has 2 heterocycles. The zero-order chi connectivity index (χ0) is 15.4. The summed E-state index contributed by atoms with van der Waals surface area (Å²) in [5.41, 5.74) is 3.29. The molecule has 0 aliphatic carbocycles. The summed E-state index contributed by atoms with van der Waals surface area (Å²) in [5, 5.41) is 9.13. The molecule has 112 valence electrons. The first-order valence-corrected chi connectivity index (χ1v) is 7.85. The van der Waals surface area contributed by atoms with Gasteiger partial charge in [0.15, 0.2) is 5.69 Å². The van der Waals surface area contributed by atoms with Gasteiger partial charge >= 0.3 is 0 Å². The molecule has 1 aliphatic heterocycles. The van der Waals surface area contributed by atoms with Crippen molar-refractivity contribution in [3.8, 4) is 17.3 Å². The molecule has 0 saturated carbocycles. The van der Waals surface area contributed by atoms with Gasteiger partial charge < -0.3 is 0 Å². The third-order valence-electron chi connectivity index (χ3n) is 4.41. The lowest BCUT2D eigenvalue weighted by molar-refractivity contribution is 0.175. The van der Waals surface area contributed by atoms with Crippen molar-refractivity contribution in [1.29, 1.82) is 5.26 Å². The van der Waals surface area contributed by atoms with Gasteiger partial charge in [-0.25, -0.2) is 4.98 Å². The molecule has 2 aromatic rings. The largest absolute Gasteiger partial charge is 0.297 e. The molecule has 0 N–H and O–H groups in total. The van der Waals surface area contributed by atoms with Gasteiger partial charge in [-0.2, -0.15) is 5.26 Å². The van der Waals surface area contributed by atoms with Crippen molar-refractivity contribution in [3.63, 3.8) is 0 Å². The lowest BCUT2D eigenvalue weighted by atomic mass is 10.0. The molecule has 0 bridgehead atoms. The minimum atomic E-state index is 0.374. The maximum Gasteiger partial charge on any atom is 0.166 e. The fourth-order valence-corrected chi connectivity index (χ4v) is 3.07. The van der Waals surface area contributed by atoms with Crippen LogP contribution in [0.3, 0.4) is 0 Å². The normalized spacial score (nSPS) is 16.9. The van der Waals surface area contributed by atoms with Crippen LogP contribution in [0.2, 0.25) is 0 Å². The summed E-state index contributed by atoms with van der Waals surface area (Å²) in [6.45, 7) is 4.64. The van der Waals surface area contributed by atoms with E-state index in [2.05, 4.69) is 40.0 Å². The van der Waals surface area contributed by atoms with Crippen molar-refractivity contribution < 1.29 is 0 Å². The highest BCUT2D eigenvalue weighted by molar-refractivity contribution is 5.64. The molecule has 1 unspecified atom stereocenters. The topological polar surface area (TPSA) is 52.8 Å². The lowest BCUT2D eigenvalue weighted by Gasteiger charge is -2.32. The Hall–Kier alpha value is -2.25. The van der Waals surface area contributed by atoms with Crippen LogP contribution < -0.4 is 0 Å². The third kappa shape index (κ3) is 3.00. The van der Waals surface area contributed by atoms with Gasteiger partial charge in [0.25, 0.3) is 0 Å². The molecule has 4 heteroatoms. The first kappa shape index (κ1) is 14.7. The van der Waals surface area contributed by atoms with Gasteiger partial charge in [-0.3, -0.25) is 9.88 Å². The van der Waals surface area contributed by atoms with E-state index < -0.39 is 0 Å².